The predicted octanol–water partition coefficient (Wildman–Crippen LogP) is 0.564. The molecular formula is C12H21N5O. The van der Waals surface area contributed by atoms with Crippen LogP contribution in [0.1, 0.15) is 25.0 Å². The average molecular weight is 251 g/mol. The molecule has 0 aliphatic carbocycles. The lowest BCUT2D eigenvalue weighted by atomic mass is 10.0. The highest BCUT2D eigenvalue weighted by molar-refractivity contribution is 5.85. The van der Waals surface area contributed by atoms with E-state index in [1.165, 1.54) is 12.1 Å². The minimum atomic E-state index is 0.0805. The summed E-state index contributed by atoms with van der Waals surface area (Å²) in [5.74, 6) is 0.333. The molecule has 100 valence electrons. The van der Waals surface area contributed by atoms with Crippen molar-refractivity contribution in [1.29, 1.82) is 0 Å². The molecule has 0 radical (unpaired) electrons. The summed E-state index contributed by atoms with van der Waals surface area (Å²) in [6.45, 7) is 1.93. The second kappa shape index (κ2) is 5.86. The maximum Gasteiger partial charge on any atom is 0.156 e. The summed E-state index contributed by atoms with van der Waals surface area (Å²) in [7, 11) is 1.95. The summed E-state index contributed by atoms with van der Waals surface area (Å²) in [4.78, 5) is 2.30. The van der Waals surface area contributed by atoms with Crippen LogP contribution in [0.5, 0.6) is 0 Å². The van der Waals surface area contributed by atoms with E-state index in [4.69, 9.17) is 10.9 Å². The molecule has 1 aliphatic rings. The Morgan fingerprint density at radius 2 is 2.44 bits per heavy atom. The van der Waals surface area contributed by atoms with Gasteiger partial charge in [-0.05, 0) is 25.5 Å². The Balaban J connectivity index is 1.96. The van der Waals surface area contributed by atoms with E-state index in [1.807, 2.05) is 24.0 Å². The average Bonchev–Trinajstić information content (AvgIpc) is 2.81. The molecule has 1 aromatic heterocycles. The second-order valence-corrected chi connectivity index (χ2v) is 4.77. The Kier molecular flexibility index (Phi) is 4.19. The summed E-state index contributed by atoms with van der Waals surface area (Å²) in [6, 6.07) is 2.11. The number of nitrogens with zero attached hydrogens (tertiary/aromatic N) is 4. The lowest BCUT2D eigenvalue weighted by molar-refractivity contribution is 0.187. The summed E-state index contributed by atoms with van der Waals surface area (Å²) >= 11 is 0. The number of amidine groups is 1. The largest absolute Gasteiger partial charge is 0.409 e. The van der Waals surface area contributed by atoms with Gasteiger partial charge in [0, 0.05) is 31.9 Å². The van der Waals surface area contributed by atoms with Crippen molar-refractivity contribution in [2.45, 2.75) is 31.7 Å². The number of hydrogen-bond acceptors (Lipinski definition) is 4. The van der Waals surface area contributed by atoms with Crippen LogP contribution in [-0.4, -0.2) is 44.9 Å². The molecule has 1 fully saturated rings. The van der Waals surface area contributed by atoms with Gasteiger partial charge in [-0.1, -0.05) is 11.6 Å². The van der Waals surface area contributed by atoms with Gasteiger partial charge in [0.05, 0.1) is 6.04 Å². The van der Waals surface area contributed by atoms with Crippen LogP contribution in [0.2, 0.25) is 0 Å². The van der Waals surface area contributed by atoms with Crippen molar-refractivity contribution in [3.05, 3.63) is 18.0 Å². The molecule has 0 spiro atoms. The molecule has 0 amide bonds. The van der Waals surface area contributed by atoms with E-state index in [9.17, 15) is 0 Å². The van der Waals surface area contributed by atoms with Crippen LogP contribution in [0.4, 0.5) is 0 Å². The molecule has 0 saturated carbocycles. The van der Waals surface area contributed by atoms with Crippen LogP contribution in [0.25, 0.3) is 0 Å². The van der Waals surface area contributed by atoms with Gasteiger partial charge < -0.3 is 10.9 Å². The molecule has 1 aromatic rings. The van der Waals surface area contributed by atoms with E-state index in [0.29, 0.717) is 5.84 Å². The number of aryl methyl sites for hydroxylation is 1. The molecule has 2 heterocycles. The molecule has 3 N–H and O–H groups in total. The molecule has 0 aromatic carbocycles. The number of aromatic nitrogens is 2. The van der Waals surface area contributed by atoms with Crippen molar-refractivity contribution in [2.75, 3.05) is 13.1 Å². The highest BCUT2D eigenvalue weighted by Gasteiger charge is 2.25. The zero-order valence-electron chi connectivity index (χ0n) is 10.8. The Hall–Kier alpha value is -1.56. The van der Waals surface area contributed by atoms with Gasteiger partial charge in [0.15, 0.2) is 5.84 Å². The number of piperidine rings is 1. The van der Waals surface area contributed by atoms with Crippen LogP contribution in [0.15, 0.2) is 17.4 Å². The van der Waals surface area contributed by atoms with Crippen molar-refractivity contribution in [2.24, 2.45) is 17.9 Å². The van der Waals surface area contributed by atoms with Crippen molar-refractivity contribution in [3.8, 4) is 0 Å². The molecule has 1 aliphatic heterocycles. The lowest BCUT2D eigenvalue weighted by Gasteiger charge is -2.34. The van der Waals surface area contributed by atoms with Gasteiger partial charge in [0.2, 0.25) is 0 Å². The zero-order valence-corrected chi connectivity index (χ0v) is 10.8. The van der Waals surface area contributed by atoms with Gasteiger partial charge in [-0.25, -0.2) is 0 Å². The summed E-state index contributed by atoms with van der Waals surface area (Å²) in [5.41, 5.74) is 6.96. The van der Waals surface area contributed by atoms with E-state index >= 15 is 0 Å². The van der Waals surface area contributed by atoms with Crippen LogP contribution >= 0.6 is 0 Å². The number of hydrogen-bond donors (Lipinski definition) is 2. The SMILES string of the molecule is Cn1nccc1CCN1CCCCC1/C(N)=N/O. The first-order valence-electron chi connectivity index (χ1n) is 6.40. The molecule has 1 saturated heterocycles. The fourth-order valence-electron chi connectivity index (χ4n) is 2.56. The molecule has 0 bridgehead atoms. The predicted molar refractivity (Wildman–Crippen MR) is 69.5 cm³/mol. The minimum Gasteiger partial charge on any atom is -0.409 e. The third-order valence-electron chi connectivity index (χ3n) is 3.65. The molecule has 6 heteroatoms. The molecule has 1 atom stereocenters. The summed E-state index contributed by atoms with van der Waals surface area (Å²) in [6.07, 6.45) is 6.04. The maximum atomic E-state index is 8.82. The number of likely N-dealkylation sites (tertiary alicyclic amines) is 1. The van der Waals surface area contributed by atoms with Crippen molar-refractivity contribution in [3.63, 3.8) is 0 Å². The highest BCUT2D eigenvalue weighted by Crippen LogP contribution is 2.17. The zero-order chi connectivity index (χ0) is 13.0. The fourth-order valence-corrected chi connectivity index (χ4v) is 2.56. The van der Waals surface area contributed by atoms with Gasteiger partial charge in [-0.2, -0.15) is 5.10 Å². The lowest BCUT2D eigenvalue weighted by Crippen LogP contribution is -2.48. The van der Waals surface area contributed by atoms with Gasteiger partial charge in [-0.15, -0.1) is 0 Å². The van der Waals surface area contributed by atoms with E-state index in [-0.39, 0.29) is 6.04 Å². The van der Waals surface area contributed by atoms with E-state index < -0.39 is 0 Å². The van der Waals surface area contributed by atoms with E-state index in [0.717, 1.165) is 32.4 Å². The van der Waals surface area contributed by atoms with Crippen LogP contribution < -0.4 is 5.73 Å². The highest BCUT2D eigenvalue weighted by atomic mass is 16.4. The van der Waals surface area contributed by atoms with Gasteiger partial charge >= 0.3 is 0 Å². The summed E-state index contributed by atoms with van der Waals surface area (Å²) < 4.78 is 1.89. The van der Waals surface area contributed by atoms with Crippen LogP contribution in [-0.2, 0) is 13.5 Å². The van der Waals surface area contributed by atoms with Crippen molar-refractivity contribution in [1.82, 2.24) is 14.7 Å². The normalized spacial score (nSPS) is 22.3. The minimum absolute atomic E-state index is 0.0805. The van der Waals surface area contributed by atoms with Crippen LogP contribution in [0.3, 0.4) is 0 Å². The third kappa shape index (κ3) is 2.81. The fraction of sp³-hybridized carbons (Fsp3) is 0.667. The smallest absolute Gasteiger partial charge is 0.156 e. The molecular weight excluding hydrogens is 230 g/mol. The first-order chi connectivity index (χ1) is 8.72. The number of oxime groups is 1. The van der Waals surface area contributed by atoms with E-state index in [2.05, 4.69) is 15.2 Å². The topological polar surface area (TPSA) is 79.7 Å². The Morgan fingerprint density at radius 1 is 1.61 bits per heavy atom. The monoisotopic (exact) mass is 251 g/mol. The van der Waals surface area contributed by atoms with Gasteiger partial charge in [0.1, 0.15) is 0 Å². The molecule has 2 rings (SSSR count). The molecule has 1 unspecified atom stereocenters. The Morgan fingerprint density at radius 3 is 3.11 bits per heavy atom. The standard InChI is InChI=1S/C12H21N5O/c1-16-10(5-7-14-16)6-9-17-8-3-2-4-11(17)12(13)15-18/h5,7,11,18H,2-4,6,8-9H2,1H3,(H2,13,15). The molecule has 6 nitrogen and oxygen atoms in total. The first kappa shape index (κ1) is 12.9. The van der Waals surface area contributed by atoms with Gasteiger partial charge in [0.25, 0.3) is 0 Å². The van der Waals surface area contributed by atoms with Crippen molar-refractivity contribution < 1.29 is 5.21 Å². The van der Waals surface area contributed by atoms with Crippen molar-refractivity contribution >= 4 is 5.84 Å². The van der Waals surface area contributed by atoms with E-state index in [1.54, 1.807) is 0 Å². The Labute approximate surface area is 107 Å². The van der Waals surface area contributed by atoms with Gasteiger partial charge in [-0.3, -0.25) is 9.58 Å². The number of rotatable bonds is 4. The first-order valence-corrected chi connectivity index (χ1v) is 6.40. The Bertz CT molecular complexity index is 414. The quantitative estimate of drug-likeness (QED) is 0.355. The maximum absolute atomic E-state index is 8.82. The second-order valence-electron chi connectivity index (χ2n) is 4.77. The number of nitrogens with two attached hydrogens (primary N) is 1. The molecule has 18 heavy (non-hydrogen) atoms. The third-order valence-corrected chi connectivity index (χ3v) is 3.65. The summed E-state index contributed by atoms with van der Waals surface area (Å²) in [5, 5.41) is 16.1. The van der Waals surface area contributed by atoms with Crippen LogP contribution in [0, 0.1) is 0 Å².